The van der Waals surface area contributed by atoms with Crippen molar-refractivity contribution in [1.29, 1.82) is 0 Å². The van der Waals surface area contributed by atoms with Crippen LogP contribution in [-0.2, 0) is 9.53 Å². The SMILES string of the molecule is COc1ccc(C(CNC(=O)CC(c2ccccc2)c2ccccc2)N2CCOCC2)cc1OC. The number of nitrogens with zero attached hydrogens (tertiary/aromatic N) is 1. The second-order valence-electron chi connectivity index (χ2n) is 8.66. The van der Waals surface area contributed by atoms with Crippen molar-refractivity contribution in [3.8, 4) is 11.5 Å². The summed E-state index contributed by atoms with van der Waals surface area (Å²) in [5.74, 6) is 1.40. The fraction of sp³-hybridized carbons (Fsp3) is 0.345. The lowest BCUT2D eigenvalue weighted by molar-refractivity contribution is -0.121. The molecule has 0 radical (unpaired) electrons. The van der Waals surface area contributed by atoms with Crippen LogP contribution < -0.4 is 14.8 Å². The van der Waals surface area contributed by atoms with E-state index in [9.17, 15) is 4.79 Å². The van der Waals surface area contributed by atoms with Gasteiger partial charge in [0.2, 0.25) is 5.91 Å². The molecule has 0 bridgehead atoms. The van der Waals surface area contributed by atoms with Crippen molar-refractivity contribution in [2.45, 2.75) is 18.4 Å². The van der Waals surface area contributed by atoms with Crippen LogP contribution in [0, 0.1) is 0 Å². The Balaban J connectivity index is 1.51. The second kappa shape index (κ2) is 12.4. The van der Waals surface area contributed by atoms with Crippen LogP contribution in [0.4, 0.5) is 0 Å². The number of carbonyl (C=O) groups is 1. The molecule has 1 aliphatic rings. The van der Waals surface area contributed by atoms with E-state index in [0.717, 1.165) is 29.8 Å². The Labute approximate surface area is 207 Å². The van der Waals surface area contributed by atoms with Crippen LogP contribution in [0.3, 0.4) is 0 Å². The third-order valence-corrected chi connectivity index (χ3v) is 6.56. The number of benzene rings is 3. The molecule has 0 aromatic heterocycles. The van der Waals surface area contributed by atoms with Crippen LogP contribution in [0.2, 0.25) is 0 Å². The number of ether oxygens (including phenoxy) is 3. The lowest BCUT2D eigenvalue weighted by Crippen LogP contribution is -2.44. The molecule has 184 valence electrons. The van der Waals surface area contributed by atoms with Gasteiger partial charge in [-0.1, -0.05) is 66.7 Å². The van der Waals surface area contributed by atoms with Gasteiger partial charge in [-0.2, -0.15) is 0 Å². The number of morpholine rings is 1. The molecule has 3 aromatic rings. The third-order valence-electron chi connectivity index (χ3n) is 6.56. The molecule has 0 spiro atoms. The van der Waals surface area contributed by atoms with Gasteiger partial charge in [-0.25, -0.2) is 0 Å². The average Bonchev–Trinajstić information content (AvgIpc) is 2.93. The molecule has 1 atom stereocenters. The number of hydrogen-bond donors (Lipinski definition) is 1. The molecular weight excluding hydrogens is 440 g/mol. The molecule has 0 aliphatic carbocycles. The van der Waals surface area contributed by atoms with Crippen molar-refractivity contribution >= 4 is 5.91 Å². The summed E-state index contributed by atoms with van der Waals surface area (Å²) in [5.41, 5.74) is 3.35. The van der Waals surface area contributed by atoms with Crippen LogP contribution in [0.15, 0.2) is 78.9 Å². The highest BCUT2D eigenvalue weighted by atomic mass is 16.5. The van der Waals surface area contributed by atoms with Crippen molar-refractivity contribution in [2.75, 3.05) is 47.1 Å². The monoisotopic (exact) mass is 474 g/mol. The molecular formula is C29H34N2O4. The van der Waals surface area contributed by atoms with Gasteiger partial charge in [0.25, 0.3) is 0 Å². The Morgan fingerprint density at radius 2 is 1.46 bits per heavy atom. The Bertz CT molecular complexity index is 1030. The Morgan fingerprint density at radius 1 is 0.857 bits per heavy atom. The van der Waals surface area contributed by atoms with Crippen molar-refractivity contribution in [2.24, 2.45) is 0 Å². The van der Waals surface area contributed by atoms with Gasteiger partial charge in [-0.05, 0) is 28.8 Å². The third kappa shape index (κ3) is 6.41. The maximum atomic E-state index is 13.2. The fourth-order valence-electron chi connectivity index (χ4n) is 4.67. The smallest absolute Gasteiger partial charge is 0.221 e. The zero-order valence-electron chi connectivity index (χ0n) is 20.5. The quantitative estimate of drug-likeness (QED) is 0.472. The van der Waals surface area contributed by atoms with Crippen molar-refractivity contribution in [3.63, 3.8) is 0 Å². The van der Waals surface area contributed by atoms with Gasteiger partial charge in [-0.15, -0.1) is 0 Å². The largest absolute Gasteiger partial charge is 0.493 e. The van der Waals surface area contributed by atoms with Gasteiger partial charge in [-0.3, -0.25) is 9.69 Å². The first kappa shape index (κ1) is 24.8. The molecule has 3 aromatic carbocycles. The Kier molecular flexibility index (Phi) is 8.76. The van der Waals surface area contributed by atoms with E-state index >= 15 is 0 Å². The summed E-state index contributed by atoms with van der Waals surface area (Å²) in [6, 6.07) is 26.4. The normalized spacial score (nSPS) is 14.9. The summed E-state index contributed by atoms with van der Waals surface area (Å²) in [7, 11) is 3.27. The minimum absolute atomic E-state index is 0.000294. The predicted octanol–water partition coefficient (Wildman–Crippen LogP) is 4.42. The van der Waals surface area contributed by atoms with E-state index < -0.39 is 0 Å². The lowest BCUT2D eigenvalue weighted by Gasteiger charge is -2.35. The van der Waals surface area contributed by atoms with E-state index in [-0.39, 0.29) is 17.9 Å². The van der Waals surface area contributed by atoms with E-state index in [1.807, 2.05) is 54.6 Å². The zero-order valence-corrected chi connectivity index (χ0v) is 20.5. The summed E-state index contributed by atoms with van der Waals surface area (Å²) in [5, 5.41) is 3.22. The molecule has 1 fully saturated rings. The Hall–Kier alpha value is -3.35. The van der Waals surface area contributed by atoms with Gasteiger partial charge in [0.05, 0.1) is 33.5 Å². The van der Waals surface area contributed by atoms with Crippen LogP contribution in [-0.4, -0.2) is 57.9 Å². The average molecular weight is 475 g/mol. The molecule has 0 saturated carbocycles. The van der Waals surface area contributed by atoms with Crippen molar-refractivity contribution in [3.05, 3.63) is 95.6 Å². The first-order chi connectivity index (χ1) is 17.2. The van der Waals surface area contributed by atoms with Gasteiger partial charge >= 0.3 is 0 Å². The number of amides is 1. The van der Waals surface area contributed by atoms with Gasteiger partial charge in [0, 0.05) is 32.0 Å². The van der Waals surface area contributed by atoms with Crippen molar-refractivity contribution < 1.29 is 19.0 Å². The van der Waals surface area contributed by atoms with E-state index in [1.54, 1.807) is 14.2 Å². The maximum Gasteiger partial charge on any atom is 0.221 e. The number of rotatable bonds is 10. The summed E-state index contributed by atoms with van der Waals surface area (Å²) >= 11 is 0. The predicted molar refractivity (Wildman–Crippen MR) is 137 cm³/mol. The van der Waals surface area contributed by atoms with Crippen LogP contribution in [0.1, 0.15) is 35.1 Å². The molecule has 1 N–H and O–H groups in total. The van der Waals surface area contributed by atoms with Gasteiger partial charge in [0.1, 0.15) is 0 Å². The van der Waals surface area contributed by atoms with E-state index in [0.29, 0.717) is 37.7 Å². The maximum absolute atomic E-state index is 13.2. The molecule has 1 aliphatic heterocycles. The molecule has 1 amide bonds. The first-order valence-electron chi connectivity index (χ1n) is 12.1. The second-order valence-corrected chi connectivity index (χ2v) is 8.66. The summed E-state index contributed by atoms with van der Waals surface area (Å²) < 4.78 is 16.5. The number of carbonyl (C=O) groups excluding carboxylic acids is 1. The summed E-state index contributed by atoms with van der Waals surface area (Å²) in [6.45, 7) is 3.49. The minimum Gasteiger partial charge on any atom is -0.493 e. The van der Waals surface area contributed by atoms with Crippen molar-refractivity contribution in [1.82, 2.24) is 10.2 Å². The number of methoxy groups -OCH3 is 2. The molecule has 35 heavy (non-hydrogen) atoms. The van der Waals surface area contributed by atoms with Crippen LogP contribution in [0.5, 0.6) is 11.5 Å². The number of nitrogens with one attached hydrogen (secondary N) is 1. The minimum atomic E-state index is 0.000294. The highest BCUT2D eigenvalue weighted by molar-refractivity contribution is 5.77. The first-order valence-corrected chi connectivity index (χ1v) is 12.1. The summed E-state index contributed by atoms with van der Waals surface area (Å²) in [4.78, 5) is 15.6. The van der Waals surface area contributed by atoms with Crippen LogP contribution >= 0.6 is 0 Å². The van der Waals surface area contributed by atoms with Gasteiger partial charge < -0.3 is 19.5 Å². The fourth-order valence-corrected chi connectivity index (χ4v) is 4.67. The van der Waals surface area contributed by atoms with E-state index in [1.165, 1.54) is 0 Å². The molecule has 1 saturated heterocycles. The van der Waals surface area contributed by atoms with Crippen LogP contribution in [0.25, 0.3) is 0 Å². The highest BCUT2D eigenvalue weighted by Gasteiger charge is 2.25. The zero-order chi connectivity index (χ0) is 24.5. The molecule has 1 unspecified atom stereocenters. The van der Waals surface area contributed by atoms with E-state index in [2.05, 4.69) is 34.5 Å². The number of hydrogen-bond acceptors (Lipinski definition) is 5. The molecule has 4 rings (SSSR count). The standard InChI is InChI=1S/C29H34N2O4/c1-33-27-14-13-24(19-28(27)34-2)26(31-15-17-35-18-16-31)21-30-29(32)20-25(22-9-5-3-6-10-22)23-11-7-4-8-12-23/h3-14,19,25-26H,15-18,20-21H2,1-2H3,(H,30,32). The van der Waals surface area contributed by atoms with E-state index in [4.69, 9.17) is 14.2 Å². The van der Waals surface area contributed by atoms with Gasteiger partial charge in [0.15, 0.2) is 11.5 Å². The molecule has 6 heteroatoms. The lowest BCUT2D eigenvalue weighted by atomic mass is 9.88. The molecule has 1 heterocycles. The summed E-state index contributed by atoms with van der Waals surface area (Å²) in [6.07, 6.45) is 0.385. The Morgan fingerprint density at radius 3 is 2.03 bits per heavy atom. The molecule has 6 nitrogen and oxygen atoms in total. The highest BCUT2D eigenvalue weighted by Crippen LogP contribution is 2.32. The topological polar surface area (TPSA) is 60.0 Å².